The van der Waals surface area contributed by atoms with Gasteiger partial charge in [0.2, 0.25) is 0 Å². The first kappa shape index (κ1) is 15.0. The van der Waals surface area contributed by atoms with Crippen LogP contribution in [0.2, 0.25) is 0 Å². The van der Waals surface area contributed by atoms with Crippen LogP contribution in [0, 0.1) is 0 Å². The van der Waals surface area contributed by atoms with Crippen LogP contribution in [-0.2, 0) is 9.53 Å². The monoisotopic (exact) mass is 329 g/mol. The van der Waals surface area contributed by atoms with Crippen LogP contribution in [0.5, 0.6) is 0 Å². The molecule has 3 amide bonds. The van der Waals surface area contributed by atoms with Gasteiger partial charge in [0.1, 0.15) is 0 Å². The molecule has 0 aliphatic carbocycles. The quantitative estimate of drug-likeness (QED) is 0.558. The molecule has 0 spiro atoms. The zero-order chi connectivity index (χ0) is 14.6. The van der Waals surface area contributed by atoms with E-state index in [0.29, 0.717) is 10.2 Å². The molecule has 0 saturated carbocycles. The third kappa shape index (κ3) is 4.25. The fourth-order valence-electron chi connectivity index (χ4n) is 1.18. The number of carbonyl (C=O) groups excluding carboxylic acids is 3. The normalized spacial score (nSPS) is 11.5. The van der Waals surface area contributed by atoms with Crippen molar-refractivity contribution in [1.82, 2.24) is 5.32 Å². The SMILES string of the molecule is CC(OC(=O)c1ccc(Br)c(N)c1)C(=O)NC(N)=O. The minimum atomic E-state index is -1.15. The summed E-state index contributed by atoms with van der Waals surface area (Å²) in [5, 5.41) is 1.81. The van der Waals surface area contributed by atoms with Crippen LogP contribution in [0.3, 0.4) is 0 Å². The van der Waals surface area contributed by atoms with Gasteiger partial charge in [0.25, 0.3) is 5.91 Å². The summed E-state index contributed by atoms with van der Waals surface area (Å²) in [6.45, 7) is 1.32. The lowest BCUT2D eigenvalue weighted by Crippen LogP contribution is -2.42. The highest BCUT2D eigenvalue weighted by molar-refractivity contribution is 9.10. The number of ether oxygens (including phenoxy) is 1. The first-order valence-electron chi connectivity index (χ1n) is 5.17. The lowest BCUT2D eigenvalue weighted by molar-refractivity contribution is -0.127. The van der Waals surface area contributed by atoms with Crippen molar-refractivity contribution in [1.29, 1.82) is 0 Å². The van der Waals surface area contributed by atoms with Gasteiger partial charge in [0.05, 0.1) is 5.56 Å². The standard InChI is InChI=1S/C11H12BrN3O4/c1-5(9(16)15-11(14)18)19-10(17)6-2-3-7(12)8(13)4-6/h2-5H,13H2,1H3,(H3,14,15,16,18). The van der Waals surface area contributed by atoms with E-state index in [2.05, 4.69) is 15.9 Å². The van der Waals surface area contributed by atoms with Crippen molar-refractivity contribution in [2.24, 2.45) is 5.73 Å². The smallest absolute Gasteiger partial charge is 0.338 e. The Bertz CT molecular complexity index is 533. The second kappa shape index (κ2) is 6.19. The van der Waals surface area contributed by atoms with Gasteiger partial charge in [-0.2, -0.15) is 0 Å². The average Bonchev–Trinajstić information content (AvgIpc) is 2.31. The van der Waals surface area contributed by atoms with Crippen LogP contribution in [-0.4, -0.2) is 24.0 Å². The van der Waals surface area contributed by atoms with Crippen LogP contribution in [0.25, 0.3) is 0 Å². The van der Waals surface area contributed by atoms with Crippen molar-refractivity contribution in [2.45, 2.75) is 13.0 Å². The number of imide groups is 1. The molecule has 0 heterocycles. The summed E-state index contributed by atoms with van der Waals surface area (Å²) in [5.41, 5.74) is 11.0. The summed E-state index contributed by atoms with van der Waals surface area (Å²) < 4.78 is 5.51. The van der Waals surface area contributed by atoms with Gasteiger partial charge in [-0.05, 0) is 41.1 Å². The number of nitrogens with two attached hydrogens (primary N) is 2. The highest BCUT2D eigenvalue weighted by Crippen LogP contribution is 2.20. The van der Waals surface area contributed by atoms with Crippen LogP contribution in [0.4, 0.5) is 10.5 Å². The first-order valence-corrected chi connectivity index (χ1v) is 5.97. The summed E-state index contributed by atoms with van der Waals surface area (Å²) in [7, 11) is 0. The van der Waals surface area contributed by atoms with Crippen molar-refractivity contribution in [3.8, 4) is 0 Å². The Morgan fingerprint density at radius 1 is 1.37 bits per heavy atom. The molecule has 5 N–H and O–H groups in total. The first-order chi connectivity index (χ1) is 8.81. The number of nitrogens with one attached hydrogen (secondary N) is 1. The number of hydrogen-bond acceptors (Lipinski definition) is 5. The number of amides is 3. The van der Waals surface area contributed by atoms with Crippen molar-refractivity contribution in [2.75, 3.05) is 5.73 Å². The molecule has 19 heavy (non-hydrogen) atoms. The second-order valence-electron chi connectivity index (χ2n) is 3.64. The number of nitrogen functional groups attached to an aromatic ring is 1. The molecule has 7 nitrogen and oxygen atoms in total. The van der Waals surface area contributed by atoms with Crippen LogP contribution < -0.4 is 16.8 Å². The largest absolute Gasteiger partial charge is 0.449 e. The van der Waals surface area contributed by atoms with E-state index in [1.165, 1.54) is 19.1 Å². The second-order valence-corrected chi connectivity index (χ2v) is 4.49. The highest BCUT2D eigenvalue weighted by atomic mass is 79.9. The number of benzene rings is 1. The summed E-state index contributed by atoms with van der Waals surface area (Å²) in [4.78, 5) is 33.5. The number of rotatable bonds is 3. The molecule has 0 saturated heterocycles. The molecule has 0 aliphatic heterocycles. The van der Waals surface area contributed by atoms with Gasteiger partial charge >= 0.3 is 12.0 Å². The van der Waals surface area contributed by atoms with Gasteiger partial charge in [-0.1, -0.05) is 0 Å². The number of carbonyl (C=O) groups is 3. The number of halogens is 1. The van der Waals surface area contributed by atoms with E-state index >= 15 is 0 Å². The molecule has 0 aromatic heterocycles. The molecular weight excluding hydrogens is 318 g/mol. The molecule has 0 bridgehead atoms. The van der Waals surface area contributed by atoms with E-state index in [9.17, 15) is 14.4 Å². The maximum absolute atomic E-state index is 11.7. The molecule has 1 aromatic carbocycles. The van der Waals surface area contributed by atoms with E-state index in [4.69, 9.17) is 16.2 Å². The van der Waals surface area contributed by atoms with Gasteiger partial charge in [-0.15, -0.1) is 0 Å². The summed E-state index contributed by atoms with van der Waals surface area (Å²) in [6, 6.07) is 3.47. The molecule has 102 valence electrons. The fraction of sp³-hybridized carbons (Fsp3) is 0.182. The number of urea groups is 1. The Hall–Kier alpha value is -2.09. The summed E-state index contributed by atoms with van der Waals surface area (Å²) >= 11 is 3.19. The predicted molar refractivity (Wildman–Crippen MR) is 71.2 cm³/mol. The van der Waals surface area contributed by atoms with Gasteiger partial charge in [-0.3, -0.25) is 10.1 Å². The van der Waals surface area contributed by atoms with Gasteiger partial charge in [-0.25, -0.2) is 9.59 Å². The number of hydrogen-bond donors (Lipinski definition) is 3. The third-order valence-electron chi connectivity index (χ3n) is 2.13. The van der Waals surface area contributed by atoms with E-state index in [0.717, 1.165) is 0 Å². The van der Waals surface area contributed by atoms with Crippen LogP contribution >= 0.6 is 15.9 Å². The van der Waals surface area contributed by atoms with Crippen molar-refractivity contribution in [3.63, 3.8) is 0 Å². The molecule has 1 atom stereocenters. The molecule has 1 unspecified atom stereocenters. The molecule has 8 heteroatoms. The molecule has 1 aromatic rings. The van der Waals surface area contributed by atoms with Gasteiger partial charge in [0, 0.05) is 10.2 Å². The van der Waals surface area contributed by atoms with Crippen molar-refractivity contribution >= 4 is 39.5 Å². The predicted octanol–water partition coefficient (Wildman–Crippen LogP) is 0.772. The number of esters is 1. The van der Waals surface area contributed by atoms with E-state index in [1.54, 1.807) is 6.07 Å². The Labute approximate surface area is 117 Å². The van der Waals surface area contributed by atoms with E-state index in [1.807, 2.05) is 5.32 Å². The molecule has 0 fully saturated rings. The Morgan fingerprint density at radius 2 is 2.00 bits per heavy atom. The Kier molecular flexibility index (Phi) is 4.87. The molecule has 0 radical (unpaired) electrons. The lowest BCUT2D eigenvalue weighted by atomic mass is 10.2. The van der Waals surface area contributed by atoms with Gasteiger partial charge < -0.3 is 16.2 Å². The molecule has 0 aliphatic rings. The van der Waals surface area contributed by atoms with Crippen molar-refractivity contribution in [3.05, 3.63) is 28.2 Å². The van der Waals surface area contributed by atoms with E-state index in [-0.39, 0.29) is 5.56 Å². The zero-order valence-electron chi connectivity index (χ0n) is 9.98. The Morgan fingerprint density at radius 3 is 2.53 bits per heavy atom. The Balaban J connectivity index is 2.71. The summed E-state index contributed by atoms with van der Waals surface area (Å²) in [6.07, 6.45) is -1.15. The molecule has 1 rings (SSSR count). The maximum atomic E-state index is 11.7. The highest BCUT2D eigenvalue weighted by Gasteiger charge is 2.20. The number of primary amides is 1. The van der Waals surface area contributed by atoms with Crippen LogP contribution in [0.1, 0.15) is 17.3 Å². The lowest BCUT2D eigenvalue weighted by Gasteiger charge is -2.12. The summed E-state index contributed by atoms with van der Waals surface area (Å²) in [5.74, 6) is -1.53. The minimum Gasteiger partial charge on any atom is -0.449 e. The van der Waals surface area contributed by atoms with Crippen molar-refractivity contribution < 1.29 is 19.1 Å². The minimum absolute atomic E-state index is 0.194. The third-order valence-corrected chi connectivity index (χ3v) is 2.85. The maximum Gasteiger partial charge on any atom is 0.338 e. The average molecular weight is 330 g/mol. The topological polar surface area (TPSA) is 125 Å². The zero-order valence-corrected chi connectivity index (χ0v) is 11.6. The van der Waals surface area contributed by atoms with E-state index < -0.39 is 24.0 Å². The fourth-order valence-corrected chi connectivity index (χ4v) is 1.42. The number of anilines is 1. The molecular formula is C11H12BrN3O4. The van der Waals surface area contributed by atoms with Gasteiger partial charge in [0.15, 0.2) is 6.10 Å². The van der Waals surface area contributed by atoms with Crippen LogP contribution in [0.15, 0.2) is 22.7 Å².